The second-order valence-electron chi connectivity index (χ2n) is 4.90. The van der Waals surface area contributed by atoms with Gasteiger partial charge >= 0.3 is 0 Å². The predicted molar refractivity (Wildman–Crippen MR) is 65.4 cm³/mol. The largest absolute Gasteiger partial charge is 0.313 e. The Kier molecular flexibility index (Phi) is 2.83. The van der Waals surface area contributed by atoms with Crippen molar-refractivity contribution < 1.29 is 0 Å². The van der Waals surface area contributed by atoms with Crippen LogP contribution in [0.15, 0.2) is 12.1 Å². The first-order chi connectivity index (χ1) is 7.13. The van der Waals surface area contributed by atoms with Crippen molar-refractivity contribution in [1.29, 1.82) is 0 Å². The van der Waals surface area contributed by atoms with Crippen LogP contribution in [0.25, 0.3) is 0 Å². The maximum absolute atomic E-state index is 3.44. The summed E-state index contributed by atoms with van der Waals surface area (Å²) in [6, 6.07) is 5.24. The molecule has 2 rings (SSSR count). The molecular weight excluding hydrogens is 182 g/mol. The third-order valence-electron chi connectivity index (χ3n) is 3.67. The Hall–Kier alpha value is -0.820. The fourth-order valence-electron chi connectivity index (χ4n) is 2.99. The van der Waals surface area contributed by atoms with E-state index in [-0.39, 0.29) is 0 Å². The van der Waals surface area contributed by atoms with Gasteiger partial charge in [0.15, 0.2) is 0 Å². The van der Waals surface area contributed by atoms with Crippen molar-refractivity contribution in [3.63, 3.8) is 0 Å². The van der Waals surface area contributed by atoms with Crippen LogP contribution in [-0.4, -0.2) is 7.05 Å². The third-order valence-corrected chi connectivity index (χ3v) is 3.67. The van der Waals surface area contributed by atoms with Gasteiger partial charge in [-0.3, -0.25) is 0 Å². The quantitative estimate of drug-likeness (QED) is 0.737. The lowest BCUT2D eigenvalue weighted by Crippen LogP contribution is -2.23. The zero-order chi connectivity index (χ0) is 11.0. The van der Waals surface area contributed by atoms with E-state index >= 15 is 0 Å². The lowest BCUT2D eigenvalue weighted by molar-refractivity contribution is 0.458. The van der Waals surface area contributed by atoms with Gasteiger partial charge in [0.1, 0.15) is 0 Å². The van der Waals surface area contributed by atoms with Crippen LogP contribution in [-0.2, 0) is 0 Å². The number of rotatable bonds is 1. The van der Waals surface area contributed by atoms with Gasteiger partial charge in [-0.15, -0.1) is 0 Å². The average Bonchev–Trinajstić information content (AvgIpc) is 2.17. The molecule has 1 nitrogen and oxygen atoms in total. The zero-order valence-electron chi connectivity index (χ0n) is 10.2. The summed E-state index contributed by atoms with van der Waals surface area (Å²) in [5, 5.41) is 3.44. The fraction of sp³-hybridized carbons (Fsp3) is 0.571. The Morgan fingerprint density at radius 1 is 1.20 bits per heavy atom. The van der Waals surface area contributed by atoms with E-state index in [4.69, 9.17) is 0 Å². The molecule has 1 aromatic carbocycles. The van der Waals surface area contributed by atoms with Gasteiger partial charge in [-0.2, -0.15) is 0 Å². The zero-order valence-corrected chi connectivity index (χ0v) is 10.2. The van der Waals surface area contributed by atoms with Crippen molar-refractivity contribution in [3.05, 3.63) is 34.4 Å². The summed E-state index contributed by atoms with van der Waals surface area (Å²) >= 11 is 0. The lowest BCUT2D eigenvalue weighted by atomic mass is 9.78. The molecule has 0 saturated heterocycles. The smallest absolute Gasteiger partial charge is 0.0320 e. The highest BCUT2D eigenvalue weighted by molar-refractivity contribution is 5.43. The summed E-state index contributed by atoms with van der Waals surface area (Å²) in [6.07, 6.45) is 2.58. The second-order valence-corrected chi connectivity index (χ2v) is 4.90. The summed E-state index contributed by atoms with van der Waals surface area (Å²) in [5.41, 5.74) is 5.98. The summed E-state index contributed by atoms with van der Waals surface area (Å²) in [6.45, 7) is 6.80. The van der Waals surface area contributed by atoms with Gasteiger partial charge < -0.3 is 5.32 Å². The number of hydrogen-bond acceptors (Lipinski definition) is 1. The van der Waals surface area contributed by atoms with Crippen molar-refractivity contribution in [2.75, 3.05) is 7.05 Å². The summed E-state index contributed by atoms with van der Waals surface area (Å²) < 4.78 is 0. The SMILES string of the molecule is CNC1CCC(C)c2c(C)cc(C)cc21. The molecule has 2 atom stereocenters. The fourth-order valence-corrected chi connectivity index (χ4v) is 2.99. The van der Waals surface area contributed by atoms with Crippen molar-refractivity contribution in [2.45, 2.75) is 45.6 Å². The molecule has 0 saturated carbocycles. The minimum absolute atomic E-state index is 0.565. The van der Waals surface area contributed by atoms with Crippen LogP contribution < -0.4 is 5.32 Å². The summed E-state index contributed by atoms with van der Waals surface area (Å²) in [4.78, 5) is 0. The highest BCUT2D eigenvalue weighted by Crippen LogP contribution is 2.39. The van der Waals surface area contributed by atoms with Crippen molar-refractivity contribution >= 4 is 0 Å². The number of benzene rings is 1. The Bertz CT molecular complexity index is 368. The predicted octanol–water partition coefficient (Wildman–Crippen LogP) is 3.46. The molecule has 1 aliphatic carbocycles. The van der Waals surface area contributed by atoms with E-state index in [2.05, 4.69) is 45.3 Å². The van der Waals surface area contributed by atoms with Crippen LogP contribution in [0.1, 0.15) is 54.0 Å². The third kappa shape index (κ3) is 1.81. The molecule has 15 heavy (non-hydrogen) atoms. The molecule has 1 N–H and O–H groups in total. The average molecular weight is 203 g/mol. The van der Waals surface area contributed by atoms with Crippen LogP contribution in [0.5, 0.6) is 0 Å². The van der Waals surface area contributed by atoms with E-state index in [0.29, 0.717) is 6.04 Å². The van der Waals surface area contributed by atoms with E-state index in [1.165, 1.54) is 29.5 Å². The Balaban J connectivity index is 2.56. The highest BCUT2D eigenvalue weighted by atomic mass is 14.9. The van der Waals surface area contributed by atoms with Crippen LogP contribution in [0.4, 0.5) is 0 Å². The van der Waals surface area contributed by atoms with Gasteiger partial charge in [-0.05, 0) is 56.3 Å². The van der Waals surface area contributed by atoms with Gasteiger partial charge in [0.05, 0.1) is 0 Å². The van der Waals surface area contributed by atoms with E-state index in [0.717, 1.165) is 5.92 Å². The molecule has 1 aromatic rings. The Morgan fingerprint density at radius 3 is 2.60 bits per heavy atom. The number of hydrogen-bond donors (Lipinski definition) is 1. The molecule has 0 aromatic heterocycles. The van der Waals surface area contributed by atoms with E-state index in [1.54, 1.807) is 5.56 Å². The first kappa shape index (κ1) is 10.7. The number of aryl methyl sites for hydroxylation is 2. The van der Waals surface area contributed by atoms with E-state index in [9.17, 15) is 0 Å². The standard InChI is InChI=1S/C14H21N/c1-9-7-11(3)14-10(2)5-6-13(15-4)12(14)8-9/h7-8,10,13,15H,5-6H2,1-4H3. The molecule has 1 heteroatoms. The van der Waals surface area contributed by atoms with Gasteiger partial charge in [-0.1, -0.05) is 24.6 Å². The molecule has 0 heterocycles. The molecule has 0 spiro atoms. The van der Waals surface area contributed by atoms with Crippen molar-refractivity contribution in [3.8, 4) is 0 Å². The Morgan fingerprint density at radius 2 is 1.93 bits per heavy atom. The molecule has 0 bridgehead atoms. The summed E-state index contributed by atoms with van der Waals surface area (Å²) in [5.74, 6) is 0.727. The number of nitrogens with one attached hydrogen (secondary N) is 1. The molecular formula is C14H21N. The van der Waals surface area contributed by atoms with Gasteiger partial charge in [-0.25, -0.2) is 0 Å². The maximum Gasteiger partial charge on any atom is 0.0320 e. The molecule has 82 valence electrons. The molecule has 0 aliphatic heterocycles. The van der Waals surface area contributed by atoms with Crippen LogP contribution in [0.3, 0.4) is 0 Å². The lowest BCUT2D eigenvalue weighted by Gasteiger charge is -2.31. The number of fused-ring (bicyclic) bond motifs is 1. The van der Waals surface area contributed by atoms with Gasteiger partial charge in [0, 0.05) is 6.04 Å². The summed E-state index contributed by atoms with van der Waals surface area (Å²) in [7, 11) is 2.07. The topological polar surface area (TPSA) is 12.0 Å². The normalized spacial score (nSPS) is 25.1. The van der Waals surface area contributed by atoms with Crippen molar-refractivity contribution in [2.24, 2.45) is 0 Å². The van der Waals surface area contributed by atoms with Gasteiger partial charge in [0.25, 0.3) is 0 Å². The molecule has 1 aliphatic rings. The molecule has 2 unspecified atom stereocenters. The first-order valence-corrected chi connectivity index (χ1v) is 5.91. The van der Waals surface area contributed by atoms with Crippen molar-refractivity contribution in [1.82, 2.24) is 5.32 Å². The maximum atomic E-state index is 3.44. The molecule has 0 fully saturated rings. The minimum atomic E-state index is 0.565. The van der Waals surface area contributed by atoms with E-state index < -0.39 is 0 Å². The highest BCUT2D eigenvalue weighted by Gasteiger charge is 2.25. The van der Waals surface area contributed by atoms with E-state index in [1.807, 2.05) is 0 Å². The Labute approximate surface area is 92.9 Å². The second kappa shape index (κ2) is 3.97. The first-order valence-electron chi connectivity index (χ1n) is 5.91. The molecule has 0 amide bonds. The van der Waals surface area contributed by atoms with Crippen LogP contribution in [0, 0.1) is 13.8 Å². The monoisotopic (exact) mass is 203 g/mol. The van der Waals surface area contributed by atoms with Crippen LogP contribution >= 0.6 is 0 Å². The van der Waals surface area contributed by atoms with Gasteiger partial charge in [0.2, 0.25) is 0 Å². The van der Waals surface area contributed by atoms with Crippen LogP contribution in [0.2, 0.25) is 0 Å². The minimum Gasteiger partial charge on any atom is -0.313 e. The molecule has 0 radical (unpaired) electrons.